The Bertz CT molecular complexity index is 466. The van der Waals surface area contributed by atoms with E-state index in [1.54, 1.807) is 6.20 Å². The maximum absolute atomic E-state index is 4.33. The van der Waals surface area contributed by atoms with Crippen molar-refractivity contribution in [3.63, 3.8) is 0 Å². The second-order valence-electron chi connectivity index (χ2n) is 2.89. The lowest BCUT2D eigenvalue weighted by Crippen LogP contribution is -1.84. The van der Waals surface area contributed by atoms with Crippen molar-refractivity contribution in [2.75, 3.05) is 0 Å². The highest BCUT2D eigenvalue weighted by atomic mass is 79.9. The van der Waals surface area contributed by atoms with Crippen LogP contribution >= 0.6 is 31.9 Å². The Hall–Kier alpha value is -0.410. The van der Waals surface area contributed by atoms with Crippen LogP contribution in [0.1, 0.15) is 5.56 Å². The van der Waals surface area contributed by atoms with Gasteiger partial charge in [0.05, 0.1) is 5.52 Å². The molecule has 1 heterocycles. The predicted molar refractivity (Wildman–Crippen MR) is 61.9 cm³/mol. The number of rotatable bonds is 0. The van der Waals surface area contributed by atoms with E-state index in [2.05, 4.69) is 55.9 Å². The van der Waals surface area contributed by atoms with Gasteiger partial charge in [-0.15, -0.1) is 0 Å². The standard InChI is InChI=1S/C10H7Br2N/c1-6-5-8(11)7-3-2-4-13-10(7)9(6)12/h2-5H,1H3. The largest absolute Gasteiger partial charge is 0.255 e. The van der Waals surface area contributed by atoms with Crippen molar-refractivity contribution in [2.24, 2.45) is 0 Å². The number of aryl methyl sites for hydroxylation is 1. The lowest BCUT2D eigenvalue weighted by molar-refractivity contribution is 1.36. The smallest absolute Gasteiger partial charge is 0.0857 e. The quantitative estimate of drug-likeness (QED) is 0.715. The van der Waals surface area contributed by atoms with Gasteiger partial charge in [0.1, 0.15) is 0 Å². The van der Waals surface area contributed by atoms with Crippen molar-refractivity contribution in [2.45, 2.75) is 6.92 Å². The summed E-state index contributed by atoms with van der Waals surface area (Å²) in [7, 11) is 0. The molecule has 0 bridgehead atoms. The van der Waals surface area contributed by atoms with Crippen molar-refractivity contribution in [3.8, 4) is 0 Å². The third-order valence-electron chi connectivity index (χ3n) is 1.96. The molecule has 0 aliphatic rings. The molecular weight excluding hydrogens is 294 g/mol. The Morgan fingerprint density at radius 2 is 2.08 bits per heavy atom. The first-order valence-corrected chi connectivity index (χ1v) is 5.48. The van der Waals surface area contributed by atoms with Crippen LogP contribution in [0.25, 0.3) is 10.9 Å². The summed E-state index contributed by atoms with van der Waals surface area (Å²) >= 11 is 7.05. The van der Waals surface area contributed by atoms with Crippen molar-refractivity contribution in [1.82, 2.24) is 4.98 Å². The van der Waals surface area contributed by atoms with E-state index in [9.17, 15) is 0 Å². The van der Waals surface area contributed by atoms with E-state index in [0.29, 0.717) is 0 Å². The van der Waals surface area contributed by atoms with Crippen LogP contribution in [-0.4, -0.2) is 4.98 Å². The van der Waals surface area contributed by atoms with Crippen molar-refractivity contribution >= 4 is 42.8 Å². The monoisotopic (exact) mass is 299 g/mol. The maximum atomic E-state index is 4.33. The third kappa shape index (κ3) is 1.51. The first-order valence-electron chi connectivity index (χ1n) is 3.89. The summed E-state index contributed by atoms with van der Waals surface area (Å²) in [5, 5.41) is 1.14. The minimum atomic E-state index is 1.01. The van der Waals surface area contributed by atoms with Gasteiger partial charge in [0.2, 0.25) is 0 Å². The van der Waals surface area contributed by atoms with Gasteiger partial charge in [-0.1, -0.05) is 22.0 Å². The van der Waals surface area contributed by atoms with Gasteiger partial charge in [0.25, 0.3) is 0 Å². The number of aromatic nitrogens is 1. The van der Waals surface area contributed by atoms with Crippen molar-refractivity contribution < 1.29 is 0 Å². The van der Waals surface area contributed by atoms with E-state index in [0.717, 1.165) is 19.8 Å². The molecule has 0 atom stereocenters. The number of nitrogens with zero attached hydrogens (tertiary/aromatic N) is 1. The summed E-state index contributed by atoms with van der Waals surface area (Å²) in [4.78, 5) is 4.33. The molecular formula is C10H7Br2N. The number of hydrogen-bond acceptors (Lipinski definition) is 1. The molecule has 0 fully saturated rings. The molecule has 0 aliphatic heterocycles. The van der Waals surface area contributed by atoms with Crippen molar-refractivity contribution in [3.05, 3.63) is 38.9 Å². The molecule has 0 unspecified atom stereocenters. The number of halogens is 2. The molecule has 1 aromatic heterocycles. The molecule has 0 saturated heterocycles. The molecule has 0 radical (unpaired) electrons. The first kappa shape index (κ1) is 9.16. The molecule has 0 spiro atoms. The average molecular weight is 301 g/mol. The summed E-state index contributed by atoms with van der Waals surface area (Å²) in [6.45, 7) is 2.06. The fourth-order valence-electron chi connectivity index (χ4n) is 1.29. The molecule has 0 saturated carbocycles. The molecule has 0 amide bonds. The molecule has 2 aromatic rings. The number of hydrogen-bond donors (Lipinski definition) is 0. The molecule has 13 heavy (non-hydrogen) atoms. The highest BCUT2D eigenvalue weighted by Gasteiger charge is 2.05. The number of fused-ring (bicyclic) bond motifs is 1. The average Bonchev–Trinajstić information content (AvgIpc) is 2.15. The summed E-state index contributed by atoms with van der Waals surface area (Å²) < 4.78 is 2.17. The highest BCUT2D eigenvalue weighted by molar-refractivity contribution is 9.11. The Kier molecular flexibility index (Phi) is 2.39. The summed E-state index contributed by atoms with van der Waals surface area (Å²) in [6.07, 6.45) is 1.80. The minimum absolute atomic E-state index is 1.01. The van der Waals surface area contributed by atoms with Crippen LogP contribution in [-0.2, 0) is 0 Å². The molecule has 3 heteroatoms. The highest BCUT2D eigenvalue weighted by Crippen LogP contribution is 2.31. The zero-order valence-corrected chi connectivity index (χ0v) is 10.2. The maximum Gasteiger partial charge on any atom is 0.0857 e. The molecule has 66 valence electrons. The van der Waals surface area contributed by atoms with Gasteiger partial charge in [-0.25, -0.2) is 0 Å². The number of pyridine rings is 1. The van der Waals surface area contributed by atoms with E-state index < -0.39 is 0 Å². The van der Waals surface area contributed by atoms with E-state index in [1.807, 2.05) is 6.07 Å². The second kappa shape index (κ2) is 3.39. The predicted octanol–water partition coefficient (Wildman–Crippen LogP) is 4.07. The topological polar surface area (TPSA) is 12.9 Å². The van der Waals surface area contributed by atoms with Gasteiger partial charge in [-0.05, 0) is 40.5 Å². The Morgan fingerprint density at radius 3 is 2.85 bits per heavy atom. The fraction of sp³-hybridized carbons (Fsp3) is 0.100. The first-order chi connectivity index (χ1) is 6.20. The van der Waals surface area contributed by atoms with E-state index in [1.165, 1.54) is 5.56 Å². The van der Waals surface area contributed by atoms with Crippen LogP contribution in [0.3, 0.4) is 0 Å². The minimum Gasteiger partial charge on any atom is -0.255 e. The zero-order valence-electron chi connectivity index (χ0n) is 7.01. The lowest BCUT2D eigenvalue weighted by Gasteiger charge is -2.04. The van der Waals surface area contributed by atoms with Crippen LogP contribution in [0, 0.1) is 6.92 Å². The normalized spacial score (nSPS) is 10.7. The van der Waals surface area contributed by atoms with Gasteiger partial charge in [-0.2, -0.15) is 0 Å². The summed E-state index contributed by atoms with van der Waals surface area (Å²) in [5.41, 5.74) is 2.20. The van der Waals surface area contributed by atoms with Gasteiger partial charge in [-0.3, -0.25) is 4.98 Å². The van der Waals surface area contributed by atoms with Crippen LogP contribution in [0.15, 0.2) is 33.3 Å². The molecule has 0 aliphatic carbocycles. The lowest BCUT2D eigenvalue weighted by atomic mass is 10.1. The third-order valence-corrected chi connectivity index (χ3v) is 3.62. The van der Waals surface area contributed by atoms with Gasteiger partial charge in [0, 0.05) is 20.5 Å². The van der Waals surface area contributed by atoms with Gasteiger partial charge < -0.3 is 0 Å². The van der Waals surface area contributed by atoms with Gasteiger partial charge in [0.15, 0.2) is 0 Å². The van der Waals surface area contributed by atoms with Crippen molar-refractivity contribution in [1.29, 1.82) is 0 Å². The van der Waals surface area contributed by atoms with Crippen LogP contribution in [0.4, 0.5) is 0 Å². The zero-order chi connectivity index (χ0) is 9.42. The van der Waals surface area contributed by atoms with Crippen LogP contribution in [0.2, 0.25) is 0 Å². The summed E-state index contributed by atoms with van der Waals surface area (Å²) in [5.74, 6) is 0. The number of benzene rings is 1. The Morgan fingerprint density at radius 1 is 1.31 bits per heavy atom. The van der Waals surface area contributed by atoms with Crippen LogP contribution < -0.4 is 0 Å². The van der Waals surface area contributed by atoms with Crippen LogP contribution in [0.5, 0.6) is 0 Å². The van der Waals surface area contributed by atoms with E-state index in [-0.39, 0.29) is 0 Å². The molecule has 1 nitrogen and oxygen atoms in total. The van der Waals surface area contributed by atoms with E-state index in [4.69, 9.17) is 0 Å². The molecule has 1 aromatic carbocycles. The Labute approximate surface area is 93.4 Å². The molecule has 0 N–H and O–H groups in total. The van der Waals surface area contributed by atoms with Gasteiger partial charge >= 0.3 is 0 Å². The fourth-order valence-corrected chi connectivity index (χ4v) is 2.38. The van der Waals surface area contributed by atoms with E-state index >= 15 is 0 Å². The SMILES string of the molecule is Cc1cc(Br)c2cccnc2c1Br. The Balaban J connectivity index is 2.97. The summed E-state index contributed by atoms with van der Waals surface area (Å²) in [6, 6.07) is 6.08. The molecule has 2 rings (SSSR count). The second-order valence-corrected chi connectivity index (χ2v) is 4.54.